The Labute approximate surface area is 166 Å². The summed E-state index contributed by atoms with van der Waals surface area (Å²) in [7, 11) is -1.92. The lowest BCUT2D eigenvalue weighted by Crippen LogP contribution is -2.08. The van der Waals surface area contributed by atoms with Crippen molar-refractivity contribution in [2.24, 2.45) is 7.05 Å². The van der Waals surface area contributed by atoms with Gasteiger partial charge in [0.15, 0.2) is 9.84 Å². The molecule has 0 saturated carbocycles. The van der Waals surface area contributed by atoms with Crippen LogP contribution >= 0.6 is 0 Å². The molecule has 0 bridgehead atoms. The first-order valence-electron chi connectivity index (χ1n) is 8.78. The molecule has 1 aromatic heterocycles. The summed E-state index contributed by atoms with van der Waals surface area (Å²) in [6.07, 6.45) is -4.28. The van der Waals surface area contributed by atoms with Gasteiger partial charge in [0.1, 0.15) is 0 Å². The minimum absolute atomic E-state index is 0.0766. The highest BCUT2D eigenvalue weighted by Crippen LogP contribution is 2.32. The number of rotatable bonds is 5. The highest BCUT2D eigenvalue weighted by atomic mass is 32.2. The van der Waals surface area contributed by atoms with Crippen LogP contribution in [0.1, 0.15) is 29.2 Å². The van der Waals surface area contributed by atoms with Crippen molar-refractivity contribution in [3.05, 3.63) is 58.7 Å². The van der Waals surface area contributed by atoms with Gasteiger partial charge in [0, 0.05) is 5.56 Å². The summed E-state index contributed by atoms with van der Waals surface area (Å²) < 4.78 is 63.9. The molecule has 0 aliphatic heterocycles. The minimum Gasteiger partial charge on any atom is -0.224 e. The summed E-state index contributed by atoms with van der Waals surface area (Å²) in [6.45, 7) is 3.26. The number of benzene rings is 2. The smallest absolute Gasteiger partial charge is 0.224 e. The lowest BCUT2D eigenvalue weighted by atomic mass is 9.94. The van der Waals surface area contributed by atoms with Crippen LogP contribution in [0.15, 0.2) is 41.3 Å². The van der Waals surface area contributed by atoms with Crippen LogP contribution in [0.5, 0.6) is 0 Å². The molecular weight excluding hydrogens is 405 g/mol. The van der Waals surface area contributed by atoms with Gasteiger partial charge in [0.25, 0.3) is 0 Å². The van der Waals surface area contributed by atoms with E-state index >= 15 is 0 Å². The number of hydrogen-bond donors (Lipinski definition) is 0. The first-order chi connectivity index (χ1) is 13.5. The fourth-order valence-electron chi connectivity index (χ4n) is 3.02. The maximum atomic E-state index is 13.1. The Hall–Kier alpha value is -2.75. The summed E-state index contributed by atoms with van der Waals surface area (Å²) in [5, 5.41) is 11.9. The molecule has 3 rings (SSSR count). The monoisotopic (exact) mass is 424 g/mol. The third kappa shape index (κ3) is 4.47. The molecule has 1 heterocycles. The van der Waals surface area contributed by atoms with Crippen molar-refractivity contribution >= 4 is 9.84 Å². The second-order valence-electron chi connectivity index (χ2n) is 6.65. The Bertz CT molecular complexity index is 1150. The molecule has 0 amide bonds. The zero-order valence-corrected chi connectivity index (χ0v) is 16.8. The Morgan fingerprint density at radius 3 is 2.45 bits per heavy atom. The average molecular weight is 424 g/mol. The standard InChI is InChI=1S/C19H19F3N4O2S/c1-4-29(27,28)15-8-12(2)16(17(11-15)18-23-25-26(3)24-18)10-13-6-5-7-14(9-13)19(20,21)22/h5-9,11H,4,10H2,1-3H3. The molecule has 29 heavy (non-hydrogen) atoms. The average Bonchev–Trinajstić information content (AvgIpc) is 3.09. The van der Waals surface area contributed by atoms with Gasteiger partial charge in [-0.2, -0.15) is 18.0 Å². The van der Waals surface area contributed by atoms with Crippen LogP contribution in [0.4, 0.5) is 13.2 Å². The summed E-state index contributed by atoms with van der Waals surface area (Å²) in [5.41, 5.74) is 1.41. The number of alkyl halides is 3. The predicted molar refractivity (Wildman–Crippen MR) is 101 cm³/mol. The molecule has 0 aliphatic rings. The summed E-state index contributed by atoms with van der Waals surface area (Å²) in [4.78, 5) is 1.35. The molecule has 0 radical (unpaired) electrons. The molecule has 0 fully saturated rings. The van der Waals surface area contributed by atoms with Crippen LogP contribution < -0.4 is 0 Å². The molecule has 0 N–H and O–H groups in total. The molecular formula is C19H19F3N4O2S. The zero-order valence-electron chi connectivity index (χ0n) is 16.0. The largest absolute Gasteiger partial charge is 0.416 e. The molecule has 0 atom stereocenters. The van der Waals surface area contributed by atoms with Crippen molar-refractivity contribution < 1.29 is 21.6 Å². The number of nitrogens with zero attached hydrogens (tertiary/aromatic N) is 4. The maximum Gasteiger partial charge on any atom is 0.416 e. The van der Waals surface area contributed by atoms with E-state index < -0.39 is 21.6 Å². The van der Waals surface area contributed by atoms with Crippen LogP contribution in [0.3, 0.4) is 0 Å². The van der Waals surface area contributed by atoms with E-state index in [0.717, 1.165) is 12.1 Å². The first kappa shape index (κ1) is 21.0. The van der Waals surface area contributed by atoms with Gasteiger partial charge in [-0.25, -0.2) is 8.42 Å². The van der Waals surface area contributed by atoms with E-state index in [2.05, 4.69) is 15.4 Å². The van der Waals surface area contributed by atoms with Gasteiger partial charge in [-0.3, -0.25) is 0 Å². The normalized spacial score (nSPS) is 12.3. The van der Waals surface area contributed by atoms with E-state index in [1.54, 1.807) is 27.0 Å². The van der Waals surface area contributed by atoms with Crippen molar-refractivity contribution in [1.29, 1.82) is 0 Å². The lowest BCUT2D eigenvalue weighted by Gasteiger charge is -2.15. The molecule has 0 aliphatic carbocycles. The Kier molecular flexibility index (Phi) is 5.48. The Balaban J connectivity index is 2.16. The van der Waals surface area contributed by atoms with Crippen molar-refractivity contribution in [3.63, 3.8) is 0 Å². The molecule has 2 aromatic carbocycles. The third-order valence-electron chi connectivity index (χ3n) is 4.57. The van der Waals surface area contributed by atoms with Crippen LogP contribution in [0.25, 0.3) is 11.4 Å². The first-order valence-corrected chi connectivity index (χ1v) is 10.4. The van der Waals surface area contributed by atoms with Crippen LogP contribution in [-0.2, 0) is 29.5 Å². The fourth-order valence-corrected chi connectivity index (χ4v) is 4.01. The SMILES string of the molecule is CCS(=O)(=O)c1cc(C)c(Cc2cccc(C(F)(F)F)c2)c(-c2nnn(C)n2)c1. The van der Waals surface area contributed by atoms with Crippen molar-refractivity contribution in [1.82, 2.24) is 20.2 Å². The summed E-state index contributed by atoms with van der Waals surface area (Å²) in [6, 6.07) is 8.04. The van der Waals surface area contributed by atoms with Gasteiger partial charge in [-0.15, -0.1) is 10.2 Å². The lowest BCUT2D eigenvalue weighted by molar-refractivity contribution is -0.137. The van der Waals surface area contributed by atoms with Gasteiger partial charge < -0.3 is 0 Å². The van der Waals surface area contributed by atoms with E-state index in [1.807, 2.05) is 0 Å². The maximum absolute atomic E-state index is 13.1. The van der Waals surface area contributed by atoms with E-state index in [9.17, 15) is 21.6 Å². The van der Waals surface area contributed by atoms with Crippen molar-refractivity contribution in [3.8, 4) is 11.4 Å². The van der Waals surface area contributed by atoms with Crippen molar-refractivity contribution in [2.45, 2.75) is 31.3 Å². The molecule has 0 unspecified atom stereocenters. The topological polar surface area (TPSA) is 77.7 Å². The second-order valence-corrected chi connectivity index (χ2v) is 8.93. The Morgan fingerprint density at radius 2 is 1.86 bits per heavy atom. The van der Waals surface area contributed by atoms with Crippen LogP contribution in [0.2, 0.25) is 0 Å². The van der Waals surface area contributed by atoms with Gasteiger partial charge in [-0.1, -0.05) is 25.1 Å². The van der Waals surface area contributed by atoms with Crippen molar-refractivity contribution in [2.75, 3.05) is 5.75 Å². The second kappa shape index (κ2) is 7.58. The number of sulfone groups is 1. The highest BCUT2D eigenvalue weighted by Gasteiger charge is 2.30. The number of tetrazole rings is 1. The van der Waals surface area contributed by atoms with E-state index in [0.29, 0.717) is 22.3 Å². The fraction of sp³-hybridized carbons (Fsp3) is 0.316. The van der Waals surface area contributed by atoms with Gasteiger partial charge in [0.05, 0.1) is 23.3 Å². The molecule has 3 aromatic rings. The third-order valence-corrected chi connectivity index (χ3v) is 6.28. The summed E-state index contributed by atoms with van der Waals surface area (Å²) >= 11 is 0. The molecule has 0 spiro atoms. The van der Waals surface area contributed by atoms with Gasteiger partial charge in [-0.05, 0) is 53.4 Å². The van der Waals surface area contributed by atoms with Crippen LogP contribution in [-0.4, -0.2) is 34.4 Å². The predicted octanol–water partition coefficient (Wildman–Crippen LogP) is 3.59. The number of aryl methyl sites for hydroxylation is 2. The number of halogens is 3. The van der Waals surface area contributed by atoms with Crippen LogP contribution in [0, 0.1) is 6.92 Å². The number of aromatic nitrogens is 4. The Morgan fingerprint density at radius 1 is 1.14 bits per heavy atom. The highest BCUT2D eigenvalue weighted by molar-refractivity contribution is 7.91. The van der Waals surface area contributed by atoms with E-state index in [4.69, 9.17) is 0 Å². The minimum atomic E-state index is -4.45. The molecule has 10 heteroatoms. The molecule has 6 nitrogen and oxygen atoms in total. The van der Waals surface area contributed by atoms with E-state index in [1.165, 1.54) is 23.0 Å². The zero-order chi connectivity index (χ0) is 21.4. The quantitative estimate of drug-likeness (QED) is 0.626. The summed E-state index contributed by atoms with van der Waals surface area (Å²) in [5.74, 6) is 0.137. The molecule has 0 saturated heterocycles. The van der Waals surface area contributed by atoms with Gasteiger partial charge in [0.2, 0.25) is 5.82 Å². The van der Waals surface area contributed by atoms with Gasteiger partial charge >= 0.3 is 6.18 Å². The number of hydrogen-bond acceptors (Lipinski definition) is 5. The molecule has 154 valence electrons. The van der Waals surface area contributed by atoms with E-state index in [-0.39, 0.29) is 22.9 Å².